The van der Waals surface area contributed by atoms with Gasteiger partial charge in [0.1, 0.15) is 11.4 Å². The molecule has 134 valence electrons. The SMILES string of the molecule is Cc1cccc(OCCC2CCN(C(=O)OC(C)(C)C)CC2)c1N. The van der Waals surface area contributed by atoms with Crippen LogP contribution in [0, 0.1) is 12.8 Å². The van der Waals surface area contributed by atoms with Crippen LogP contribution in [0.4, 0.5) is 10.5 Å². The number of carbonyl (C=O) groups excluding carboxylic acids is 1. The minimum Gasteiger partial charge on any atom is -0.491 e. The van der Waals surface area contributed by atoms with E-state index in [1.165, 1.54) is 0 Å². The Kier molecular flexibility index (Phi) is 5.97. The number of piperidine rings is 1. The third-order valence-corrected chi connectivity index (χ3v) is 4.33. The monoisotopic (exact) mass is 334 g/mol. The molecule has 1 aromatic rings. The Labute approximate surface area is 145 Å². The highest BCUT2D eigenvalue weighted by Crippen LogP contribution is 2.26. The first-order valence-electron chi connectivity index (χ1n) is 8.72. The number of amides is 1. The van der Waals surface area contributed by atoms with E-state index in [4.69, 9.17) is 15.2 Å². The molecule has 1 aromatic carbocycles. The van der Waals surface area contributed by atoms with Gasteiger partial charge in [-0.2, -0.15) is 0 Å². The minimum absolute atomic E-state index is 0.204. The molecule has 0 saturated carbocycles. The minimum atomic E-state index is -0.435. The van der Waals surface area contributed by atoms with Crippen LogP contribution < -0.4 is 10.5 Å². The number of anilines is 1. The third-order valence-electron chi connectivity index (χ3n) is 4.33. The first kappa shape index (κ1) is 18.4. The number of benzene rings is 1. The van der Waals surface area contributed by atoms with E-state index in [-0.39, 0.29) is 6.09 Å². The van der Waals surface area contributed by atoms with Crippen molar-refractivity contribution in [2.24, 2.45) is 5.92 Å². The lowest BCUT2D eigenvalue weighted by molar-refractivity contribution is 0.0177. The van der Waals surface area contributed by atoms with E-state index in [9.17, 15) is 4.79 Å². The quantitative estimate of drug-likeness (QED) is 0.846. The molecule has 5 nitrogen and oxygen atoms in total. The molecule has 0 aliphatic carbocycles. The molecule has 0 atom stereocenters. The Morgan fingerprint density at radius 2 is 1.96 bits per heavy atom. The van der Waals surface area contributed by atoms with Crippen LogP contribution in [-0.4, -0.2) is 36.3 Å². The van der Waals surface area contributed by atoms with E-state index in [1.807, 2.05) is 45.9 Å². The van der Waals surface area contributed by atoms with Crippen LogP contribution in [0.2, 0.25) is 0 Å². The maximum Gasteiger partial charge on any atom is 0.410 e. The number of likely N-dealkylation sites (tertiary alicyclic amines) is 1. The van der Waals surface area contributed by atoms with Crippen molar-refractivity contribution in [3.63, 3.8) is 0 Å². The third kappa shape index (κ3) is 5.32. The van der Waals surface area contributed by atoms with Crippen molar-refractivity contribution < 1.29 is 14.3 Å². The summed E-state index contributed by atoms with van der Waals surface area (Å²) < 4.78 is 11.3. The van der Waals surface area contributed by atoms with Crippen LogP contribution in [-0.2, 0) is 4.74 Å². The lowest BCUT2D eigenvalue weighted by Gasteiger charge is -2.33. The number of hydrogen-bond donors (Lipinski definition) is 1. The zero-order chi connectivity index (χ0) is 17.7. The second-order valence-electron chi connectivity index (χ2n) is 7.53. The van der Waals surface area contributed by atoms with Gasteiger partial charge in [-0.25, -0.2) is 4.79 Å². The van der Waals surface area contributed by atoms with E-state index in [0.29, 0.717) is 12.5 Å². The summed E-state index contributed by atoms with van der Waals surface area (Å²) in [5, 5.41) is 0. The van der Waals surface area contributed by atoms with Gasteiger partial charge in [-0.3, -0.25) is 0 Å². The van der Waals surface area contributed by atoms with Crippen LogP contribution in [0.3, 0.4) is 0 Å². The summed E-state index contributed by atoms with van der Waals surface area (Å²) >= 11 is 0. The summed E-state index contributed by atoms with van der Waals surface area (Å²) in [6.07, 6.45) is 2.76. The van der Waals surface area contributed by atoms with Crippen molar-refractivity contribution in [3.05, 3.63) is 23.8 Å². The number of rotatable bonds is 4. The number of carbonyl (C=O) groups is 1. The molecule has 1 heterocycles. The van der Waals surface area contributed by atoms with Crippen LogP contribution in [0.15, 0.2) is 18.2 Å². The Bertz CT molecular complexity index is 558. The molecule has 0 spiro atoms. The van der Waals surface area contributed by atoms with Crippen LogP contribution >= 0.6 is 0 Å². The molecule has 24 heavy (non-hydrogen) atoms. The highest BCUT2D eigenvalue weighted by atomic mass is 16.6. The molecule has 0 radical (unpaired) electrons. The standard InChI is InChI=1S/C19H30N2O3/c1-14-6-5-7-16(17(14)20)23-13-10-15-8-11-21(12-9-15)18(22)24-19(2,3)4/h5-7,15H,8-13,20H2,1-4H3. The molecule has 5 heteroatoms. The number of nitrogens with zero attached hydrogens (tertiary/aromatic N) is 1. The van der Waals surface area contributed by atoms with Gasteiger partial charge in [0.15, 0.2) is 0 Å². The normalized spacial score (nSPS) is 16.1. The first-order chi connectivity index (χ1) is 11.3. The average molecular weight is 334 g/mol. The van der Waals surface area contributed by atoms with E-state index in [0.717, 1.165) is 49.4 Å². The van der Waals surface area contributed by atoms with Crippen LogP contribution in [0.25, 0.3) is 0 Å². The maximum atomic E-state index is 12.1. The summed E-state index contributed by atoms with van der Waals surface area (Å²) in [5.74, 6) is 1.34. The summed E-state index contributed by atoms with van der Waals surface area (Å²) in [7, 11) is 0. The lowest BCUT2D eigenvalue weighted by Crippen LogP contribution is -2.41. The van der Waals surface area contributed by atoms with Crippen molar-refractivity contribution in [1.29, 1.82) is 0 Å². The average Bonchev–Trinajstić information content (AvgIpc) is 2.50. The van der Waals surface area contributed by atoms with Crippen molar-refractivity contribution in [2.45, 2.75) is 52.6 Å². The Hall–Kier alpha value is -1.91. The molecular weight excluding hydrogens is 304 g/mol. The molecule has 0 aromatic heterocycles. The molecule has 1 amide bonds. The molecule has 0 unspecified atom stereocenters. The Morgan fingerprint density at radius 1 is 1.29 bits per heavy atom. The van der Waals surface area contributed by atoms with Gasteiger partial charge in [0.25, 0.3) is 0 Å². The smallest absolute Gasteiger partial charge is 0.410 e. The number of nitrogen functional groups attached to an aromatic ring is 1. The largest absolute Gasteiger partial charge is 0.491 e. The Morgan fingerprint density at radius 3 is 2.58 bits per heavy atom. The van der Waals surface area contributed by atoms with Gasteiger partial charge in [-0.05, 0) is 64.5 Å². The predicted octanol–water partition coefficient (Wildman–Crippen LogP) is 3.99. The fourth-order valence-corrected chi connectivity index (χ4v) is 2.85. The summed E-state index contributed by atoms with van der Waals surface area (Å²) in [5.41, 5.74) is 7.35. The van der Waals surface area contributed by atoms with Gasteiger partial charge < -0.3 is 20.1 Å². The number of ether oxygens (including phenoxy) is 2. The second-order valence-corrected chi connectivity index (χ2v) is 7.53. The molecular formula is C19H30N2O3. The molecule has 0 bridgehead atoms. The number of nitrogens with two attached hydrogens (primary N) is 1. The zero-order valence-electron chi connectivity index (χ0n) is 15.3. The molecule has 1 aliphatic heterocycles. The zero-order valence-corrected chi connectivity index (χ0v) is 15.3. The Balaban J connectivity index is 1.72. The number of para-hydroxylation sites is 1. The maximum absolute atomic E-state index is 12.1. The topological polar surface area (TPSA) is 64.8 Å². The highest BCUT2D eigenvalue weighted by Gasteiger charge is 2.26. The van der Waals surface area contributed by atoms with Gasteiger partial charge in [0.2, 0.25) is 0 Å². The summed E-state index contributed by atoms with van der Waals surface area (Å²) in [6, 6.07) is 5.85. The lowest BCUT2D eigenvalue weighted by atomic mass is 9.94. The van der Waals surface area contributed by atoms with Crippen molar-refractivity contribution in [3.8, 4) is 5.75 Å². The fourth-order valence-electron chi connectivity index (χ4n) is 2.85. The fraction of sp³-hybridized carbons (Fsp3) is 0.632. The van der Waals surface area contributed by atoms with Crippen LogP contribution in [0.1, 0.15) is 45.6 Å². The van der Waals surface area contributed by atoms with Gasteiger partial charge in [0, 0.05) is 13.1 Å². The highest BCUT2D eigenvalue weighted by molar-refractivity contribution is 5.68. The second kappa shape index (κ2) is 7.77. The van der Waals surface area contributed by atoms with E-state index >= 15 is 0 Å². The van der Waals surface area contributed by atoms with Crippen LogP contribution in [0.5, 0.6) is 5.75 Å². The summed E-state index contributed by atoms with van der Waals surface area (Å²) in [4.78, 5) is 13.9. The molecule has 1 saturated heterocycles. The molecule has 1 aliphatic rings. The number of aryl methyl sites for hydroxylation is 1. The van der Waals surface area contributed by atoms with Gasteiger partial charge >= 0.3 is 6.09 Å². The van der Waals surface area contributed by atoms with E-state index < -0.39 is 5.60 Å². The molecule has 1 fully saturated rings. The first-order valence-corrected chi connectivity index (χ1v) is 8.72. The molecule has 2 rings (SSSR count). The van der Waals surface area contributed by atoms with E-state index in [2.05, 4.69) is 0 Å². The van der Waals surface area contributed by atoms with Gasteiger partial charge in [0.05, 0.1) is 12.3 Å². The van der Waals surface area contributed by atoms with Gasteiger partial charge in [-0.15, -0.1) is 0 Å². The van der Waals surface area contributed by atoms with Crippen molar-refractivity contribution >= 4 is 11.8 Å². The predicted molar refractivity (Wildman–Crippen MR) is 96.2 cm³/mol. The molecule has 2 N–H and O–H groups in total. The van der Waals surface area contributed by atoms with Gasteiger partial charge in [-0.1, -0.05) is 12.1 Å². The summed E-state index contributed by atoms with van der Waals surface area (Å²) in [6.45, 7) is 9.83. The van der Waals surface area contributed by atoms with Crippen molar-refractivity contribution in [1.82, 2.24) is 4.90 Å². The van der Waals surface area contributed by atoms with Crippen molar-refractivity contribution in [2.75, 3.05) is 25.4 Å². The number of hydrogen-bond acceptors (Lipinski definition) is 4. The van der Waals surface area contributed by atoms with E-state index in [1.54, 1.807) is 4.90 Å².